The SMILES string of the molecule is CCc1ccc(-c2cc(F)c(C#CC(F)(F)F)c(F)c2)cc1. The summed E-state index contributed by atoms with van der Waals surface area (Å²) in [5.41, 5.74) is 1.00. The van der Waals surface area contributed by atoms with Crippen LogP contribution in [0.2, 0.25) is 0 Å². The van der Waals surface area contributed by atoms with Gasteiger partial charge < -0.3 is 0 Å². The van der Waals surface area contributed by atoms with E-state index in [1.54, 1.807) is 12.1 Å². The summed E-state index contributed by atoms with van der Waals surface area (Å²) in [6, 6.07) is 9.00. The third-order valence-corrected chi connectivity index (χ3v) is 3.07. The Hall–Kier alpha value is -2.35. The van der Waals surface area contributed by atoms with Crippen LogP contribution in [-0.4, -0.2) is 6.18 Å². The Labute approximate surface area is 124 Å². The highest BCUT2D eigenvalue weighted by Crippen LogP contribution is 2.25. The number of hydrogen-bond acceptors (Lipinski definition) is 0. The molecule has 0 aliphatic rings. The van der Waals surface area contributed by atoms with Crippen LogP contribution in [0, 0.1) is 23.5 Å². The third kappa shape index (κ3) is 3.85. The number of aryl methyl sites for hydroxylation is 1. The first-order valence-electron chi connectivity index (χ1n) is 6.48. The molecular weight excluding hydrogens is 299 g/mol. The Bertz CT molecular complexity index is 707. The van der Waals surface area contributed by atoms with Gasteiger partial charge in [-0.2, -0.15) is 13.2 Å². The van der Waals surface area contributed by atoms with Gasteiger partial charge in [-0.25, -0.2) is 8.78 Å². The predicted molar refractivity (Wildman–Crippen MR) is 74.1 cm³/mol. The molecule has 0 saturated heterocycles. The molecule has 0 amide bonds. The largest absolute Gasteiger partial charge is 0.458 e. The second kappa shape index (κ2) is 6.18. The highest BCUT2D eigenvalue weighted by atomic mass is 19.4. The van der Waals surface area contributed by atoms with Crippen LogP contribution in [0.25, 0.3) is 11.1 Å². The summed E-state index contributed by atoms with van der Waals surface area (Å²) >= 11 is 0. The molecule has 2 rings (SSSR count). The maximum atomic E-state index is 13.8. The van der Waals surface area contributed by atoms with Crippen LogP contribution in [0.5, 0.6) is 0 Å². The summed E-state index contributed by atoms with van der Waals surface area (Å²) in [5.74, 6) is 0.119. The quantitative estimate of drug-likeness (QED) is 0.534. The van der Waals surface area contributed by atoms with Crippen molar-refractivity contribution in [3.8, 4) is 23.0 Å². The van der Waals surface area contributed by atoms with Crippen molar-refractivity contribution < 1.29 is 22.0 Å². The minimum absolute atomic E-state index is 0.246. The van der Waals surface area contributed by atoms with Crippen molar-refractivity contribution in [2.45, 2.75) is 19.5 Å². The lowest BCUT2D eigenvalue weighted by molar-refractivity contribution is -0.0696. The smallest absolute Gasteiger partial charge is 0.205 e. The lowest BCUT2D eigenvalue weighted by Gasteiger charge is -2.06. The topological polar surface area (TPSA) is 0 Å². The number of hydrogen-bond donors (Lipinski definition) is 0. The molecule has 0 nitrogen and oxygen atoms in total. The lowest BCUT2D eigenvalue weighted by atomic mass is 10.0. The molecule has 22 heavy (non-hydrogen) atoms. The Balaban J connectivity index is 2.42. The molecule has 0 saturated carbocycles. The molecule has 5 heteroatoms. The molecule has 0 aromatic heterocycles. The van der Waals surface area contributed by atoms with Crippen molar-refractivity contribution in [2.75, 3.05) is 0 Å². The number of benzene rings is 2. The van der Waals surface area contributed by atoms with Crippen LogP contribution < -0.4 is 0 Å². The molecule has 2 aromatic carbocycles. The van der Waals surface area contributed by atoms with Gasteiger partial charge in [-0.3, -0.25) is 0 Å². The minimum Gasteiger partial charge on any atom is -0.205 e. The maximum absolute atomic E-state index is 13.8. The predicted octanol–water partition coefficient (Wildman–Crippen LogP) is 5.11. The van der Waals surface area contributed by atoms with Crippen LogP contribution in [0.15, 0.2) is 36.4 Å². The lowest BCUT2D eigenvalue weighted by Crippen LogP contribution is -2.02. The molecule has 0 spiro atoms. The molecule has 0 unspecified atom stereocenters. The van der Waals surface area contributed by atoms with Gasteiger partial charge >= 0.3 is 6.18 Å². The fraction of sp³-hybridized carbons (Fsp3) is 0.176. The van der Waals surface area contributed by atoms with E-state index >= 15 is 0 Å². The van der Waals surface area contributed by atoms with Crippen LogP contribution in [0.3, 0.4) is 0 Å². The van der Waals surface area contributed by atoms with Gasteiger partial charge in [0, 0.05) is 5.92 Å². The van der Waals surface area contributed by atoms with E-state index in [0.29, 0.717) is 5.56 Å². The van der Waals surface area contributed by atoms with Gasteiger partial charge in [0.25, 0.3) is 0 Å². The van der Waals surface area contributed by atoms with Crippen molar-refractivity contribution >= 4 is 0 Å². The molecule has 0 aliphatic carbocycles. The third-order valence-electron chi connectivity index (χ3n) is 3.07. The van der Waals surface area contributed by atoms with Gasteiger partial charge in [0.2, 0.25) is 0 Å². The number of halogens is 5. The Morgan fingerprint density at radius 2 is 1.45 bits per heavy atom. The van der Waals surface area contributed by atoms with E-state index in [-0.39, 0.29) is 5.56 Å². The Kier molecular flexibility index (Phi) is 4.51. The van der Waals surface area contributed by atoms with Gasteiger partial charge in [0.15, 0.2) is 0 Å². The normalized spacial score (nSPS) is 11.0. The summed E-state index contributed by atoms with van der Waals surface area (Å²) in [5, 5.41) is 0. The summed E-state index contributed by atoms with van der Waals surface area (Å²) < 4.78 is 63.6. The van der Waals surface area contributed by atoms with E-state index in [2.05, 4.69) is 0 Å². The van der Waals surface area contributed by atoms with E-state index in [1.165, 1.54) is 5.92 Å². The first-order chi connectivity index (χ1) is 10.3. The zero-order valence-electron chi connectivity index (χ0n) is 11.6. The fourth-order valence-electron chi connectivity index (χ4n) is 1.93. The van der Waals surface area contributed by atoms with Gasteiger partial charge in [0.1, 0.15) is 11.6 Å². The van der Waals surface area contributed by atoms with Crippen molar-refractivity contribution in [2.24, 2.45) is 0 Å². The molecule has 0 heterocycles. The molecule has 0 fully saturated rings. The van der Waals surface area contributed by atoms with Gasteiger partial charge in [-0.1, -0.05) is 37.1 Å². The minimum atomic E-state index is -4.80. The van der Waals surface area contributed by atoms with Crippen molar-refractivity contribution in [1.29, 1.82) is 0 Å². The molecule has 2 aromatic rings. The Morgan fingerprint density at radius 3 is 1.91 bits per heavy atom. The molecule has 0 radical (unpaired) electrons. The molecule has 0 aliphatic heterocycles. The number of rotatable bonds is 2. The average Bonchev–Trinajstić information content (AvgIpc) is 2.45. The average molecular weight is 310 g/mol. The zero-order chi connectivity index (χ0) is 16.3. The van der Waals surface area contributed by atoms with E-state index in [1.807, 2.05) is 19.1 Å². The van der Waals surface area contributed by atoms with Crippen LogP contribution in [0.4, 0.5) is 22.0 Å². The summed E-state index contributed by atoms with van der Waals surface area (Å²) in [6.07, 6.45) is -3.97. The van der Waals surface area contributed by atoms with Crippen LogP contribution in [-0.2, 0) is 6.42 Å². The van der Waals surface area contributed by atoms with E-state index in [0.717, 1.165) is 30.0 Å². The maximum Gasteiger partial charge on any atom is 0.458 e. The highest BCUT2D eigenvalue weighted by Gasteiger charge is 2.23. The molecule has 0 N–H and O–H groups in total. The first-order valence-corrected chi connectivity index (χ1v) is 6.48. The first kappa shape index (κ1) is 16.0. The molecular formula is C17H11F5. The molecule has 0 atom stereocenters. The molecule has 0 bridgehead atoms. The van der Waals surface area contributed by atoms with Crippen LogP contribution >= 0.6 is 0 Å². The summed E-state index contributed by atoms with van der Waals surface area (Å²) in [7, 11) is 0. The van der Waals surface area contributed by atoms with Crippen molar-refractivity contribution in [1.82, 2.24) is 0 Å². The second-order valence-corrected chi connectivity index (χ2v) is 4.61. The monoisotopic (exact) mass is 310 g/mol. The Morgan fingerprint density at radius 1 is 0.909 bits per heavy atom. The highest BCUT2D eigenvalue weighted by molar-refractivity contribution is 5.65. The zero-order valence-corrected chi connectivity index (χ0v) is 11.6. The van der Waals surface area contributed by atoms with E-state index < -0.39 is 23.4 Å². The van der Waals surface area contributed by atoms with E-state index in [4.69, 9.17) is 0 Å². The van der Waals surface area contributed by atoms with Gasteiger partial charge in [-0.15, -0.1) is 0 Å². The van der Waals surface area contributed by atoms with E-state index in [9.17, 15) is 22.0 Å². The van der Waals surface area contributed by atoms with Gasteiger partial charge in [-0.05, 0) is 35.2 Å². The van der Waals surface area contributed by atoms with Crippen molar-refractivity contribution in [3.05, 3.63) is 59.2 Å². The van der Waals surface area contributed by atoms with Crippen LogP contribution in [0.1, 0.15) is 18.1 Å². The second-order valence-electron chi connectivity index (χ2n) is 4.61. The van der Waals surface area contributed by atoms with Crippen molar-refractivity contribution in [3.63, 3.8) is 0 Å². The number of alkyl halides is 3. The summed E-state index contributed by atoms with van der Waals surface area (Å²) in [4.78, 5) is 0. The standard InChI is InChI=1S/C17H11F5/c1-2-11-3-5-12(6-4-11)13-9-15(18)14(16(19)10-13)7-8-17(20,21)22/h3-6,9-10H,2H2,1H3. The molecule has 114 valence electrons. The fourth-order valence-corrected chi connectivity index (χ4v) is 1.93. The van der Waals surface area contributed by atoms with Gasteiger partial charge in [0.05, 0.1) is 5.56 Å². The summed E-state index contributed by atoms with van der Waals surface area (Å²) in [6.45, 7) is 1.97.